The number of hydrogen-bond acceptors (Lipinski definition) is 6. The molecule has 0 aromatic heterocycles. The third-order valence-corrected chi connectivity index (χ3v) is 4.34. The van der Waals surface area contributed by atoms with E-state index in [1.807, 2.05) is 13.0 Å². The van der Waals surface area contributed by atoms with Crippen LogP contribution in [0.25, 0.3) is 0 Å². The van der Waals surface area contributed by atoms with E-state index < -0.39 is 17.5 Å². The van der Waals surface area contributed by atoms with Crippen molar-refractivity contribution in [1.82, 2.24) is 0 Å². The topological polar surface area (TPSA) is 74.2 Å². The highest BCUT2D eigenvalue weighted by Gasteiger charge is 2.54. The molecule has 0 aliphatic carbocycles. The molecule has 6 nitrogen and oxygen atoms in total. The van der Waals surface area contributed by atoms with Gasteiger partial charge in [0, 0.05) is 5.56 Å². The van der Waals surface area contributed by atoms with E-state index in [1.54, 1.807) is 55.6 Å². The first-order chi connectivity index (χ1) is 13.1. The Morgan fingerprint density at radius 2 is 1.78 bits per heavy atom. The molecule has 0 spiro atoms. The first-order valence-electron chi connectivity index (χ1n) is 8.83. The van der Waals surface area contributed by atoms with E-state index in [-0.39, 0.29) is 12.3 Å². The number of rotatable bonds is 7. The molecule has 1 atom stereocenters. The van der Waals surface area contributed by atoms with Crippen molar-refractivity contribution in [3.8, 4) is 11.5 Å². The molecule has 0 bridgehead atoms. The summed E-state index contributed by atoms with van der Waals surface area (Å²) in [6, 6.07) is 15.5. The van der Waals surface area contributed by atoms with Crippen molar-refractivity contribution in [2.45, 2.75) is 31.7 Å². The van der Waals surface area contributed by atoms with Gasteiger partial charge in [-0.05, 0) is 42.8 Å². The average molecular weight is 367 g/mol. The molecule has 0 amide bonds. The highest BCUT2D eigenvalue weighted by Crippen LogP contribution is 2.31. The molecule has 2 aromatic carbocycles. The largest absolute Gasteiger partial charge is 0.497 e. The molecule has 0 radical (unpaired) electrons. The van der Waals surface area contributed by atoms with Gasteiger partial charge in [-0.2, -0.15) is 0 Å². The molecule has 0 saturated heterocycles. The van der Waals surface area contributed by atoms with E-state index >= 15 is 0 Å². The van der Waals surface area contributed by atoms with E-state index in [0.717, 1.165) is 6.42 Å². The van der Waals surface area contributed by atoms with Gasteiger partial charge in [-0.3, -0.25) is 0 Å². The van der Waals surface area contributed by atoms with E-state index in [0.29, 0.717) is 23.5 Å². The summed E-state index contributed by atoms with van der Waals surface area (Å²) in [5.41, 5.74) is -1.09. The predicted molar refractivity (Wildman–Crippen MR) is 100.0 cm³/mol. The van der Waals surface area contributed by atoms with E-state index in [2.05, 4.69) is 4.99 Å². The number of carbonyl (C=O) groups is 2. The quantitative estimate of drug-likeness (QED) is 0.425. The van der Waals surface area contributed by atoms with Crippen LogP contribution >= 0.6 is 0 Å². The maximum atomic E-state index is 12.9. The predicted octanol–water partition coefficient (Wildman–Crippen LogP) is 3.53. The lowest BCUT2D eigenvalue weighted by Gasteiger charge is -2.19. The first kappa shape index (κ1) is 18.6. The van der Waals surface area contributed by atoms with Crippen LogP contribution in [0.3, 0.4) is 0 Å². The smallest absolute Gasteiger partial charge is 0.352 e. The van der Waals surface area contributed by atoms with Gasteiger partial charge in [0.25, 0.3) is 5.54 Å². The van der Waals surface area contributed by atoms with Crippen LogP contribution in [0, 0.1) is 0 Å². The van der Waals surface area contributed by atoms with Crippen molar-refractivity contribution in [3.05, 3.63) is 60.2 Å². The lowest BCUT2D eigenvalue weighted by Crippen LogP contribution is -2.45. The fraction of sp³-hybridized carbons (Fsp3) is 0.286. The molecule has 0 N–H and O–H groups in total. The third kappa shape index (κ3) is 3.84. The lowest BCUT2D eigenvalue weighted by atomic mass is 9.94. The number of esters is 2. The zero-order chi connectivity index (χ0) is 19.3. The number of aliphatic imine (C=N–C) groups is 1. The van der Waals surface area contributed by atoms with Gasteiger partial charge in [0.1, 0.15) is 11.5 Å². The maximum absolute atomic E-state index is 12.9. The van der Waals surface area contributed by atoms with Crippen molar-refractivity contribution < 1.29 is 23.8 Å². The average Bonchev–Trinajstić information content (AvgIpc) is 3.05. The molecular formula is C21H21NO5. The zero-order valence-corrected chi connectivity index (χ0v) is 15.3. The standard InChI is InChI=1S/C21H21NO5/c1-3-4-14-21(19(23)26-17-8-6-5-7-9-17)20(24)27-18(22-21)15-10-12-16(25-2)13-11-15/h5-13H,3-4,14H2,1-2H3. The first-order valence-corrected chi connectivity index (χ1v) is 8.83. The molecule has 3 rings (SSSR count). The SMILES string of the molecule is CCCCC1(C(=O)Oc2ccccc2)N=C(c2ccc(OC)cc2)OC1=O. The highest BCUT2D eigenvalue weighted by atomic mass is 16.6. The second kappa shape index (κ2) is 8.03. The van der Waals surface area contributed by atoms with Crippen molar-refractivity contribution >= 4 is 17.8 Å². The Hall–Kier alpha value is -3.15. The van der Waals surface area contributed by atoms with Crippen LogP contribution in [-0.2, 0) is 14.3 Å². The fourth-order valence-electron chi connectivity index (χ4n) is 2.77. The van der Waals surface area contributed by atoms with Gasteiger partial charge in [-0.25, -0.2) is 14.6 Å². The molecule has 6 heteroatoms. The number of carbonyl (C=O) groups excluding carboxylic acids is 2. The number of para-hydroxylation sites is 1. The van der Waals surface area contributed by atoms with Crippen LogP contribution in [0.5, 0.6) is 11.5 Å². The number of methoxy groups -OCH3 is 1. The monoisotopic (exact) mass is 367 g/mol. The van der Waals surface area contributed by atoms with Crippen LogP contribution in [0.4, 0.5) is 0 Å². The number of hydrogen-bond donors (Lipinski definition) is 0. The molecule has 0 fully saturated rings. The second-order valence-corrected chi connectivity index (χ2v) is 6.20. The minimum absolute atomic E-state index is 0.115. The van der Waals surface area contributed by atoms with Gasteiger partial charge >= 0.3 is 11.9 Å². The summed E-state index contributed by atoms with van der Waals surface area (Å²) < 4.78 is 15.9. The Morgan fingerprint density at radius 3 is 2.41 bits per heavy atom. The maximum Gasteiger partial charge on any atom is 0.352 e. The van der Waals surface area contributed by atoms with Crippen LogP contribution in [0.2, 0.25) is 0 Å². The van der Waals surface area contributed by atoms with Crippen molar-refractivity contribution in [2.75, 3.05) is 7.11 Å². The molecule has 1 heterocycles. The van der Waals surface area contributed by atoms with E-state index in [9.17, 15) is 9.59 Å². The Kier molecular flexibility index (Phi) is 5.54. The van der Waals surface area contributed by atoms with Crippen molar-refractivity contribution in [2.24, 2.45) is 4.99 Å². The fourth-order valence-corrected chi connectivity index (χ4v) is 2.77. The summed E-state index contributed by atoms with van der Waals surface area (Å²) >= 11 is 0. The molecular weight excluding hydrogens is 346 g/mol. The molecule has 27 heavy (non-hydrogen) atoms. The van der Waals surface area contributed by atoms with Crippen LogP contribution in [-0.4, -0.2) is 30.5 Å². The lowest BCUT2D eigenvalue weighted by molar-refractivity contribution is -0.152. The van der Waals surface area contributed by atoms with Gasteiger partial charge in [0.2, 0.25) is 5.90 Å². The Morgan fingerprint density at radius 1 is 1.07 bits per heavy atom. The molecule has 1 unspecified atom stereocenters. The molecule has 140 valence electrons. The van der Waals surface area contributed by atoms with E-state index in [1.165, 1.54) is 0 Å². The van der Waals surface area contributed by atoms with Gasteiger partial charge in [-0.15, -0.1) is 0 Å². The third-order valence-electron chi connectivity index (χ3n) is 4.34. The van der Waals surface area contributed by atoms with Gasteiger partial charge in [0.05, 0.1) is 7.11 Å². The summed E-state index contributed by atoms with van der Waals surface area (Å²) in [5, 5.41) is 0. The number of benzene rings is 2. The molecule has 1 aliphatic rings. The summed E-state index contributed by atoms with van der Waals surface area (Å²) in [6.45, 7) is 1.98. The van der Waals surface area contributed by atoms with Crippen molar-refractivity contribution in [1.29, 1.82) is 0 Å². The molecule has 0 saturated carbocycles. The summed E-state index contributed by atoms with van der Waals surface area (Å²) in [6.07, 6.45) is 1.67. The number of unbranched alkanes of at least 4 members (excludes halogenated alkanes) is 1. The normalized spacial score (nSPS) is 18.6. The number of nitrogens with zero attached hydrogens (tertiary/aromatic N) is 1. The summed E-state index contributed by atoms with van der Waals surface area (Å²) in [5.74, 6) is -0.286. The van der Waals surface area contributed by atoms with Gasteiger partial charge < -0.3 is 14.2 Å². The van der Waals surface area contributed by atoms with E-state index in [4.69, 9.17) is 14.2 Å². The Bertz CT molecular complexity index is 845. The Balaban J connectivity index is 1.92. The van der Waals surface area contributed by atoms with Crippen molar-refractivity contribution in [3.63, 3.8) is 0 Å². The Labute approximate surface area is 157 Å². The number of cyclic esters (lactones) is 1. The minimum atomic E-state index is -1.68. The molecule has 1 aliphatic heterocycles. The second-order valence-electron chi connectivity index (χ2n) is 6.20. The van der Waals surface area contributed by atoms with Crippen LogP contribution < -0.4 is 9.47 Å². The van der Waals surface area contributed by atoms with Gasteiger partial charge in [-0.1, -0.05) is 38.0 Å². The minimum Gasteiger partial charge on any atom is -0.497 e. The molecule has 2 aromatic rings. The number of ether oxygens (including phenoxy) is 3. The van der Waals surface area contributed by atoms with Gasteiger partial charge in [0.15, 0.2) is 0 Å². The van der Waals surface area contributed by atoms with Crippen LogP contribution in [0.15, 0.2) is 59.6 Å². The van der Waals surface area contributed by atoms with Crippen LogP contribution in [0.1, 0.15) is 31.7 Å². The summed E-state index contributed by atoms with van der Waals surface area (Å²) in [4.78, 5) is 29.9. The summed E-state index contributed by atoms with van der Waals surface area (Å²) in [7, 11) is 1.57. The zero-order valence-electron chi connectivity index (χ0n) is 15.3. The highest BCUT2D eigenvalue weighted by molar-refractivity contribution is 6.17.